The second-order valence-electron chi connectivity index (χ2n) is 6.50. The molecule has 1 aromatic rings. The van der Waals surface area contributed by atoms with E-state index in [2.05, 4.69) is 23.7 Å². The number of amidine groups is 1. The van der Waals surface area contributed by atoms with Crippen LogP contribution in [0.5, 0.6) is 0 Å². The van der Waals surface area contributed by atoms with Gasteiger partial charge in [-0.25, -0.2) is 8.42 Å². The third kappa shape index (κ3) is 3.76. The fourth-order valence-corrected chi connectivity index (χ4v) is 7.40. The second-order valence-corrected chi connectivity index (χ2v) is 9.86. The molecule has 142 valence electrons. The number of sulfone groups is 1. The van der Waals surface area contributed by atoms with Crippen molar-refractivity contribution in [3.8, 4) is 0 Å². The normalized spacial score (nSPS) is 25.5. The first kappa shape index (κ1) is 19.2. The Labute approximate surface area is 159 Å². The Hall–Kier alpha value is -1.54. The van der Waals surface area contributed by atoms with Crippen LogP contribution in [0.15, 0.2) is 29.3 Å². The Bertz CT molecular complexity index is 801. The van der Waals surface area contributed by atoms with E-state index in [4.69, 9.17) is 0 Å². The molecule has 2 aliphatic heterocycles. The van der Waals surface area contributed by atoms with E-state index in [1.165, 1.54) is 11.8 Å². The minimum Gasteiger partial charge on any atom is -0.372 e. The molecule has 0 unspecified atom stereocenters. The molecule has 2 fully saturated rings. The zero-order chi connectivity index (χ0) is 18.9. The molecular formula is C18H25N3O3S2. The van der Waals surface area contributed by atoms with Gasteiger partial charge in [-0.1, -0.05) is 18.7 Å². The van der Waals surface area contributed by atoms with E-state index in [1.54, 1.807) is 6.92 Å². The van der Waals surface area contributed by atoms with Gasteiger partial charge >= 0.3 is 0 Å². The Kier molecular flexibility index (Phi) is 5.62. The molecule has 8 heteroatoms. The van der Waals surface area contributed by atoms with Crippen LogP contribution in [0.2, 0.25) is 0 Å². The van der Waals surface area contributed by atoms with E-state index in [9.17, 15) is 13.2 Å². The van der Waals surface area contributed by atoms with Crippen LogP contribution in [0.25, 0.3) is 0 Å². The predicted octanol–water partition coefficient (Wildman–Crippen LogP) is 2.54. The maximum atomic E-state index is 12.1. The van der Waals surface area contributed by atoms with Crippen LogP contribution in [0.4, 0.5) is 11.4 Å². The van der Waals surface area contributed by atoms with Crippen molar-refractivity contribution in [1.82, 2.24) is 0 Å². The summed E-state index contributed by atoms with van der Waals surface area (Å²) in [5.74, 6) is 0.0809. The summed E-state index contributed by atoms with van der Waals surface area (Å²) in [6, 6.07) is 7.92. The van der Waals surface area contributed by atoms with Crippen LogP contribution in [-0.2, 0) is 14.6 Å². The summed E-state index contributed by atoms with van der Waals surface area (Å²) < 4.78 is 24.1. The lowest BCUT2D eigenvalue weighted by molar-refractivity contribution is -0.117. The van der Waals surface area contributed by atoms with E-state index in [-0.39, 0.29) is 28.7 Å². The van der Waals surface area contributed by atoms with Crippen molar-refractivity contribution < 1.29 is 13.2 Å². The van der Waals surface area contributed by atoms with Crippen molar-refractivity contribution in [2.75, 3.05) is 34.4 Å². The first-order valence-corrected chi connectivity index (χ1v) is 11.7. The van der Waals surface area contributed by atoms with Gasteiger partial charge in [-0.3, -0.25) is 4.79 Å². The van der Waals surface area contributed by atoms with Crippen LogP contribution >= 0.6 is 11.8 Å². The van der Waals surface area contributed by atoms with Gasteiger partial charge in [-0.15, -0.1) is 0 Å². The lowest BCUT2D eigenvalue weighted by atomic mass is 10.2. The van der Waals surface area contributed by atoms with Crippen LogP contribution in [-0.4, -0.2) is 55.4 Å². The van der Waals surface area contributed by atoms with E-state index in [0.29, 0.717) is 11.6 Å². The quantitative estimate of drug-likeness (QED) is 0.763. The van der Waals surface area contributed by atoms with Crippen LogP contribution in [0, 0.1) is 0 Å². The second kappa shape index (κ2) is 7.60. The zero-order valence-electron chi connectivity index (χ0n) is 15.4. The summed E-state index contributed by atoms with van der Waals surface area (Å²) in [7, 11) is -3.04. The molecule has 0 aliphatic carbocycles. The topological polar surface area (TPSA) is 70.0 Å². The number of hydrogen-bond donors (Lipinski definition) is 0. The number of fused-ring (bicyclic) bond motifs is 1. The Morgan fingerprint density at radius 3 is 2.42 bits per heavy atom. The van der Waals surface area contributed by atoms with Crippen molar-refractivity contribution in [2.45, 2.75) is 38.5 Å². The molecule has 0 radical (unpaired) electrons. The SMILES string of the molecule is CCC(=O)N=C1S[C@H]2CS(=O)(=O)C[C@H]2N1c1ccc(N(CC)CC)cc1. The Morgan fingerprint density at radius 2 is 1.85 bits per heavy atom. The molecule has 2 heterocycles. The minimum atomic E-state index is -3.04. The highest BCUT2D eigenvalue weighted by molar-refractivity contribution is 8.16. The smallest absolute Gasteiger partial charge is 0.247 e. The fourth-order valence-electron chi connectivity index (χ4n) is 3.46. The number of amides is 1. The number of aliphatic imine (C=N–C) groups is 1. The Balaban J connectivity index is 1.95. The number of anilines is 2. The predicted molar refractivity (Wildman–Crippen MR) is 109 cm³/mol. The summed E-state index contributed by atoms with van der Waals surface area (Å²) in [6.07, 6.45) is 0.340. The van der Waals surface area contributed by atoms with Crippen LogP contribution < -0.4 is 9.80 Å². The van der Waals surface area contributed by atoms with Crippen LogP contribution in [0.3, 0.4) is 0 Å². The first-order chi connectivity index (χ1) is 12.4. The summed E-state index contributed by atoms with van der Waals surface area (Å²) >= 11 is 1.42. The zero-order valence-corrected chi connectivity index (χ0v) is 17.0. The van der Waals surface area contributed by atoms with Gasteiger partial charge in [0, 0.05) is 36.1 Å². The summed E-state index contributed by atoms with van der Waals surface area (Å²) in [4.78, 5) is 20.3. The van der Waals surface area contributed by atoms with Gasteiger partial charge in [-0.2, -0.15) is 4.99 Å². The molecule has 1 aromatic carbocycles. The molecule has 6 nitrogen and oxygen atoms in total. The number of thioether (sulfide) groups is 1. The number of carbonyl (C=O) groups is 1. The van der Waals surface area contributed by atoms with Crippen LogP contribution in [0.1, 0.15) is 27.2 Å². The largest absolute Gasteiger partial charge is 0.372 e. The highest BCUT2D eigenvalue weighted by Crippen LogP contribution is 2.41. The monoisotopic (exact) mass is 395 g/mol. The molecule has 2 aliphatic rings. The molecule has 1 amide bonds. The summed E-state index contributed by atoms with van der Waals surface area (Å²) in [6.45, 7) is 7.86. The van der Waals surface area contributed by atoms with E-state index >= 15 is 0 Å². The van der Waals surface area contributed by atoms with E-state index < -0.39 is 9.84 Å². The fraction of sp³-hybridized carbons (Fsp3) is 0.556. The average molecular weight is 396 g/mol. The van der Waals surface area contributed by atoms with Gasteiger partial charge in [0.05, 0.1) is 17.5 Å². The highest BCUT2D eigenvalue weighted by atomic mass is 32.2. The third-order valence-corrected chi connectivity index (χ3v) is 8.06. The molecule has 2 saturated heterocycles. The van der Waals surface area contributed by atoms with Gasteiger partial charge in [0.25, 0.3) is 0 Å². The number of carbonyl (C=O) groups excluding carboxylic acids is 1. The third-order valence-electron chi connectivity index (χ3n) is 4.85. The van der Waals surface area contributed by atoms with Gasteiger partial charge in [0.15, 0.2) is 15.0 Å². The molecule has 2 atom stereocenters. The minimum absolute atomic E-state index is 0.0640. The van der Waals surface area contributed by atoms with Crippen molar-refractivity contribution in [3.63, 3.8) is 0 Å². The molecular weight excluding hydrogens is 370 g/mol. The van der Waals surface area contributed by atoms with Gasteiger partial charge < -0.3 is 9.80 Å². The molecule has 0 spiro atoms. The molecule has 26 heavy (non-hydrogen) atoms. The van der Waals surface area contributed by atoms with Crippen molar-refractivity contribution in [2.24, 2.45) is 4.99 Å². The maximum absolute atomic E-state index is 12.1. The average Bonchev–Trinajstić information content (AvgIpc) is 3.07. The molecule has 0 bridgehead atoms. The summed E-state index contributed by atoms with van der Waals surface area (Å²) in [5.41, 5.74) is 2.02. The number of hydrogen-bond acceptors (Lipinski definition) is 5. The molecule has 0 N–H and O–H groups in total. The van der Waals surface area contributed by atoms with E-state index in [1.807, 2.05) is 29.2 Å². The van der Waals surface area contributed by atoms with Gasteiger partial charge in [-0.05, 0) is 38.1 Å². The summed E-state index contributed by atoms with van der Waals surface area (Å²) in [5, 5.41) is 0.559. The first-order valence-electron chi connectivity index (χ1n) is 9.01. The van der Waals surface area contributed by atoms with Crippen molar-refractivity contribution >= 4 is 44.0 Å². The highest BCUT2D eigenvalue weighted by Gasteiger charge is 2.49. The molecule has 3 rings (SSSR count). The standard InChI is InChI=1S/C18H25N3O3S2/c1-4-17(22)19-18-21(15-11-26(23,24)12-16(15)25-18)14-9-7-13(8-10-14)20(5-2)6-3/h7-10,15-16H,4-6,11-12H2,1-3H3/t15-,16+/m1/s1. The molecule has 0 aromatic heterocycles. The van der Waals surface area contributed by atoms with Gasteiger partial charge in [0.1, 0.15) is 0 Å². The lowest BCUT2D eigenvalue weighted by Crippen LogP contribution is -2.37. The van der Waals surface area contributed by atoms with Crippen molar-refractivity contribution in [3.05, 3.63) is 24.3 Å². The molecule has 0 saturated carbocycles. The lowest BCUT2D eigenvalue weighted by Gasteiger charge is -2.26. The van der Waals surface area contributed by atoms with E-state index in [0.717, 1.165) is 24.5 Å². The number of nitrogens with zero attached hydrogens (tertiary/aromatic N) is 3. The van der Waals surface area contributed by atoms with Crippen molar-refractivity contribution in [1.29, 1.82) is 0 Å². The van der Waals surface area contributed by atoms with Gasteiger partial charge in [0.2, 0.25) is 5.91 Å². The Morgan fingerprint density at radius 1 is 1.19 bits per heavy atom. The number of benzene rings is 1. The maximum Gasteiger partial charge on any atom is 0.247 e. The number of rotatable bonds is 5.